The average molecular weight is 400 g/mol. The second-order valence-electron chi connectivity index (χ2n) is 8.38. The number of hydrogen-bond acceptors (Lipinski definition) is 2. The van der Waals surface area contributed by atoms with E-state index in [0.29, 0.717) is 11.1 Å². The number of hydrogen-bond donors (Lipinski definition) is 0. The molecule has 2 aliphatic rings. The standard InChI is InChI=1S/C29H20O2/c30-27(19-11-3-1-4-12-19)25-26(28(31)20-13-5-2-6-14-20)29(25)23-17-9-7-15-21(23)22-16-8-10-18-24(22)29/h1-18,25-26H/t25-,26+. The molecule has 0 aliphatic heterocycles. The Bertz CT molecular complexity index is 1220. The van der Waals surface area contributed by atoms with Gasteiger partial charge in [-0.2, -0.15) is 0 Å². The van der Waals surface area contributed by atoms with Gasteiger partial charge in [0.2, 0.25) is 0 Å². The summed E-state index contributed by atoms with van der Waals surface area (Å²) in [6.45, 7) is 0. The summed E-state index contributed by atoms with van der Waals surface area (Å²) in [7, 11) is 0. The lowest BCUT2D eigenvalue weighted by molar-refractivity contribution is 0.0906. The Kier molecular flexibility index (Phi) is 3.85. The molecular weight excluding hydrogens is 380 g/mol. The van der Waals surface area contributed by atoms with Gasteiger partial charge in [-0.25, -0.2) is 0 Å². The molecule has 2 atom stereocenters. The van der Waals surface area contributed by atoms with Crippen LogP contribution in [0.15, 0.2) is 109 Å². The molecule has 1 spiro atoms. The number of carbonyl (C=O) groups excluding carboxylic acids is 2. The number of Topliss-reactive ketones (excluding diaryl/α,β-unsaturated/α-hetero) is 2. The molecule has 1 fully saturated rings. The summed E-state index contributed by atoms with van der Waals surface area (Å²) in [5, 5.41) is 0. The van der Waals surface area contributed by atoms with E-state index in [2.05, 4.69) is 24.3 Å². The van der Waals surface area contributed by atoms with Gasteiger partial charge in [-0.15, -0.1) is 0 Å². The van der Waals surface area contributed by atoms with Crippen LogP contribution >= 0.6 is 0 Å². The molecule has 6 rings (SSSR count). The number of carbonyl (C=O) groups is 2. The van der Waals surface area contributed by atoms with Crippen LogP contribution in [0.1, 0.15) is 31.8 Å². The van der Waals surface area contributed by atoms with Crippen LogP contribution < -0.4 is 0 Å². The first-order chi connectivity index (χ1) is 15.2. The predicted octanol–water partition coefficient (Wildman–Crippen LogP) is 5.96. The molecule has 2 heteroatoms. The van der Waals surface area contributed by atoms with Crippen molar-refractivity contribution in [2.75, 3.05) is 0 Å². The van der Waals surface area contributed by atoms with Crippen LogP contribution in [0.25, 0.3) is 11.1 Å². The SMILES string of the molecule is O=C(c1ccccc1)[C@@H]1[C@H](C(=O)c2ccccc2)C12c1ccccc1-c1ccccc12. The van der Waals surface area contributed by atoms with Crippen LogP contribution in [-0.4, -0.2) is 11.6 Å². The summed E-state index contributed by atoms with van der Waals surface area (Å²) < 4.78 is 0. The second kappa shape index (κ2) is 6.61. The molecule has 0 radical (unpaired) electrons. The van der Waals surface area contributed by atoms with Crippen LogP contribution in [0.3, 0.4) is 0 Å². The zero-order valence-electron chi connectivity index (χ0n) is 16.9. The molecule has 0 bridgehead atoms. The summed E-state index contributed by atoms with van der Waals surface area (Å²) in [4.78, 5) is 27.6. The Hall–Kier alpha value is -3.78. The van der Waals surface area contributed by atoms with Crippen molar-refractivity contribution >= 4 is 11.6 Å². The Balaban J connectivity index is 1.58. The van der Waals surface area contributed by atoms with Crippen LogP contribution in [0.5, 0.6) is 0 Å². The smallest absolute Gasteiger partial charge is 0.167 e. The van der Waals surface area contributed by atoms with Gasteiger partial charge in [0.15, 0.2) is 11.6 Å². The minimum absolute atomic E-state index is 0.0430. The van der Waals surface area contributed by atoms with Gasteiger partial charge < -0.3 is 0 Å². The van der Waals surface area contributed by atoms with E-state index in [4.69, 9.17) is 0 Å². The number of rotatable bonds is 4. The minimum Gasteiger partial charge on any atom is -0.294 e. The molecule has 0 N–H and O–H groups in total. The van der Waals surface area contributed by atoms with Crippen molar-refractivity contribution in [3.8, 4) is 11.1 Å². The first-order valence-corrected chi connectivity index (χ1v) is 10.6. The molecule has 148 valence electrons. The summed E-state index contributed by atoms with van der Waals surface area (Å²) in [6, 6.07) is 35.2. The summed E-state index contributed by atoms with van der Waals surface area (Å²) in [5.74, 6) is -0.734. The molecule has 0 amide bonds. The van der Waals surface area contributed by atoms with Crippen LogP contribution in [-0.2, 0) is 5.41 Å². The van der Waals surface area contributed by atoms with Crippen molar-refractivity contribution < 1.29 is 9.59 Å². The molecule has 0 heterocycles. The summed E-state index contributed by atoms with van der Waals surface area (Å²) in [5.41, 5.74) is 5.18. The van der Waals surface area contributed by atoms with E-state index in [0.717, 1.165) is 22.3 Å². The van der Waals surface area contributed by atoms with Crippen LogP contribution in [0.2, 0.25) is 0 Å². The fourth-order valence-electron chi connectivity index (χ4n) is 5.64. The zero-order valence-corrected chi connectivity index (χ0v) is 16.9. The van der Waals surface area contributed by atoms with Gasteiger partial charge in [0, 0.05) is 28.4 Å². The van der Waals surface area contributed by atoms with Crippen molar-refractivity contribution in [1.29, 1.82) is 0 Å². The van der Waals surface area contributed by atoms with Crippen molar-refractivity contribution in [1.82, 2.24) is 0 Å². The van der Waals surface area contributed by atoms with Gasteiger partial charge in [0.05, 0.1) is 0 Å². The maximum absolute atomic E-state index is 13.8. The lowest BCUT2D eigenvalue weighted by Crippen LogP contribution is -2.16. The highest BCUT2D eigenvalue weighted by atomic mass is 16.1. The number of ketones is 2. The normalized spacial score (nSPS) is 19.5. The largest absolute Gasteiger partial charge is 0.294 e. The van der Waals surface area contributed by atoms with Gasteiger partial charge in [0.25, 0.3) is 0 Å². The predicted molar refractivity (Wildman–Crippen MR) is 121 cm³/mol. The average Bonchev–Trinajstić information content (AvgIpc) is 3.46. The highest BCUT2D eigenvalue weighted by molar-refractivity contribution is 6.13. The Morgan fingerprint density at radius 3 is 1.26 bits per heavy atom. The van der Waals surface area contributed by atoms with Crippen molar-refractivity contribution in [3.05, 3.63) is 131 Å². The Morgan fingerprint density at radius 2 is 0.839 bits per heavy atom. The van der Waals surface area contributed by atoms with Crippen LogP contribution in [0.4, 0.5) is 0 Å². The third-order valence-electron chi connectivity index (χ3n) is 6.92. The lowest BCUT2D eigenvalue weighted by Gasteiger charge is -2.15. The maximum Gasteiger partial charge on any atom is 0.167 e. The van der Waals surface area contributed by atoms with E-state index in [1.54, 1.807) is 0 Å². The van der Waals surface area contributed by atoms with Crippen molar-refractivity contribution in [3.63, 3.8) is 0 Å². The van der Waals surface area contributed by atoms with E-state index >= 15 is 0 Å². The fraction of sp³-hybridized carbons (Fsp3) is 0.103. The molecule has 1 saturated carbocycles. The second-order valence-corrected chi connectivity index (χ2v) is 8.38. The van der Waals surface area contributed by atoms with Crippen molar-refractivity contribution in [2.45, 2.75) is 5.41 Å². The fourth-order valence-corrected chi connectivity index (χ4v) is 5.64. The molecule has 0 aromatic heterocycles. The van der Waals surface area contributed by atoms with E-state index in [1.165, 1.54) is 0 Å². The van der Waals surface area contributed by atoms with Gasteiger partial charge in [-0.3, -0.25) is 9.59 Å². The van der Waals surface area contributed by atoms with Gasteiger partial charge in [-0.1, -0.05) is 109 Å². The van der Waals surface area contributed by atoms with Gasteiger partial charge in [-0.05, 0) is 22.3 Å². The zero-order chi connectivity index (χ0) is 21.0. The summed E-state index contributed by atoms with van der Waals surface area (Å²) >= 11 is 0. The summed E-state index contributed by atoms with van der Waals surface area (Å²) in [6.07, 6.45) is 0. The van der Waals surface area contributed by atoms with Crippen LogP contribution in [0, 0.1) is 11.8 Å². The van der Waals surface area contributed by atoms with E-state index in [1.807, 2.05) is 84.9 Å². The third kappa shape index (κ3) is 2.39. The molecule has 31 heavy (non-hydrogen) atoms. The van der Waals surface area contributed by atoms with Crippen molar-refractivity contribution in [2.24, 2.45) is 11.8 Å². The first kappa shape index (κ1) is 18.0. The Labute approximate surface area is 181 Å². The molecule has 2 nitrogen and oxygen atoms in total. The quantitative estimate of drug-likeness (QED) is 0.396. The van der Waals surface area contributed by atoms with E-state index < -0.39 is 17.3 Å². The lowest BCUT2D eigenvalue weighted by atomic mass is 9.86. The first-order valence-electron chi connectivity index (χ1n) is 10.6. The number of benzene rings is 4. The monoisotopic (exact) mass is 400 g/mol. The Morgan fingerprint density at radius 1 is 0.484 bits per heavy atom. The molecule has 4 aromatic rings. The molecule has 4 aromatic carbocycles. The number of fused-ring (bicyclic) bond motifs is 5. The maximum atomic E-state index is 13.8. The van der Waals surface area contributed by atoms with Gasteiger partial charge in [0.1, 0.15) is 0 Å². The third-order valence-corrected chi connectivity index (χ3v) is 6.92. The minimum atomic E-state index is -0.604. The van der Waals surface area contributed by atoms with E-state index in [-0.39, 0.29) is 11.6 Å². The highest BCUT2D eigenvalue weighted by Gasteiger charge is 2.74. The highest BCUT2D eigenvalue weighted by Crippen LogP contribution is 2.71. The van der Waals surface area contributed by atoms with Gasteiger partial charge >= 0.3 is 0 Å². The molecule has 0 saturated heterocycles. The molecule has 2 aliphatic carbocycles. The molecule has 0 unspecified atom stereocenters. The topological polar surface area (TPSA) is 34.1 Å². The van der Waals surface area contributed by atoms with E-state index in [9.17, 15) is 9.59 Å². The molecular formula is C29H20O2.